The lowest BCUT2D eigenvalue weighted by molar-refractivity contribution is -0.0503. The van der Waals surface area contributed by atoms with Crippen LogP contribution in [0.3, 0.4) is 0 Å². The Morgan fingerprint density at radius 2 is 1.93 bits per heavy atom. The number of benzene rings is 2. The zero-order valence-electron chi connectivity index (χ0n) is 16.6. The van der Waals surface area contributed by atoms with Crippen molar-refractivity contribution in [2.24, 2.45) is 0 Å². The second-order valence-corrected chi connectivity index (χ2v) is 7.07. The predicted octanol–water partition coefficient (Wildman–Crippen LogP) is 4.92. The summed E-state index contributed by atoms with van der Waals surface area (Å²) in [6.45, 7) is 0.858. The van der Waals surface area contributed by atoms with Crippen LogP contribution in [0.15, 0.2) is 47.4 Å². The van der Waals surface area contributed by atoms with E-state index in [0.29, 0.717) is 28.4 Å². The van der Waals surface area contributed by atoms with E-state index in [9.17, 15) is 13.6 Å². The smallest absolute Gasteiger partial charge is 0.387 e. The minimum atomic E-state index is -2.91. The zero-order valence-corrected chi connectivity index (χ0v) is 17.3. The van der Waals surface area contributed by atoms with E-state index < -0.39 is 12.2 Å². The molecule has 1 aromatic heterocycles. The van der Waals surface area contributed by atoms with Crippen LogP contribution in [0.5, 0.6) is 11.5 Å². The highest BCUT2D eigenvalue weighted by Gasteiger charge is 2.14. The molecule has 0 amide bonds. The molecule has 0 aliphatic rings. The van der Waals surface area contributed by atoms with Gasteiger partial charge in [0, 0.05) is 10.7 Å². The summed E-state index contributed by atoms with van der Waals surface area (Å²) in [7, 11) is 1.39. The summed E-state index contributed by atoms with van der Waals surface area (Å²) in [5.74, 6) is 0.453. The van der Waals surface area contributed by atoms with Gasteiger partial charge in [-0.1, -0.05) is 23.7 Å². The molecule has 0 spiro atoms. The molecule has 3 aromatic rings. The number of hydrogen-bond donors (Lipinski definition) is 1. The van der Waals surface area contributed by atoms with Gasteiger partial charge in [-0.2, -0.15) is 13.8 Å². The third kappa shape index (κ3) is 5.07. The molecule has 3 rings (SSSR count). The van der Waals surface area contributed by atoms with Crippen LogP contribution in [0.1, 0.15) is 16.7 Å². The predicted molar refractivity (Wildman–Crippen MR) is 111 cm³/mol. The van der Waals surface area contributed by atoms with Gasteiger partial charge in [-0.25, -0.2) is 0 Å². The Kier molecular flexibility index (Phi) is 6.56. The van der Waals surface area contributed by atoms with E-state index in [0.717, 1.165) is 5.56 Å². The van der Waals surface area contributed by atoms with Gasteiger partial charge in [-0.15, -0.1) is 0 Å². The first-order valence-corrected chi connectivity index (χ1v) is 9.37. The van der Waals surface area contributed by atoms with Gasteiger partial charge in [0.15, 0.2) is 0 Å². The molecule has 30 heavy (non-hydrogen) atoms. The second-order valence-electron chi connectivity index (χ2n) is 6.63. The summed E-state index contributed by atoms with van der Waals surface area (Å²) in [5, 5.41) is 3.70. The molecule has 0 saturated carbocycles. The lowest BCUT2D eigenvalue weighted by Gasteiger charge is -2.18. The molecule has 0 aliphatic heterocycles. The SMILES string of the molecule is COc1cn(Cc2cccc(Cl)c2)c(Nc2cc(C)c(OC(F)F)cc2C)nc1=O. The van der Waals surface area contributed by atoms with Crippen molar-refractivity contribution < 1.29 is 18.3 Å². The number of aromatic nitrogens is 2. The molecule has 158 valence electrons. The van der Waals surface area contributed by atoms with E-state index in [1.54, 1.807) is 36.7 Å². The maximum absolute atomic E-state index is 12.6. The Bertz CT molecular complexity index is 1120. The molecule has 2 aromatic carbocycles. The molecule has 0 atom stereocenters. The van der Waals surface area contributed by atoms with E-state index in [2.05, 4.69) is 15.0 Å². The van der Waals surface area contributed by atoms with Crippen LogP contribution in [0.4, 0.5) is 20.4 Å². The summed E-state index contributed by atoms with van der Waals surface area (Å²) in [6.07, 6.45) is 1.55. The van der Waals surface area contributed by atoms with Crippen LogP contribution in [-0.4, -0.2) is 23.3 Å². The fraction of sp³-hybridized carbons (Fsp3) is 0.238. The monoisotopic (exact) mass is 435 g/mol. The van der Waals surface area contributed by atoms with Crippen molar-refractivity contribution in [3.05, 3.63) is 74.7 Å². The molecule has 6 nitrogen and oxygen atoms in total. The van der Waals surface area contributed by atoms with Crippen molar-refractivity contribution in [1.29, 1.82) is 0 Å². The van der Waals surface area contributed by atoms with E-state index >= 15 is 0 Å². The summed E-state index contributed by atoms with van der Waals surface area (Å²) >= 11 is 6.07. The summed E-state index contributed by atoms with van der Waals surface area (Å²) < 4.78 is 36.5. The highest BCUT2D eigenvalue weighted by Crippen LogP contribution is 2.29. The normalized spacial score (nSPS) is 10.9. The Hall–Kier alpha value is -3.13. The Labute approximate surface area is 177 Å². The first-order chi connectivity index (χ1) is 14.3. The minimum absolute atomic E-state index is 0.0899. The fourth-order valence-electron chi connectivity index (χ4n) is 2.93. The molecule has 0 radical (unpaired) electrons. The van der Waals surface area contributed by atoms with Crippen molar-refractivity contribution in [1.82, 2.24) is 9.55 Å². The number of aryl methyl sites for hydroxylation is 2. The average Bonchev–Trinajstić information content (AvgIpc) is 2.67. The molecule has 0 saturated heterocycles. The van der Waals surface area contributed by atoms with E-state index in [4.69, 9.17) is 16.3 Å². The van der Waals surface area contributed by atoms with Crippen LogP contribution >= 0.6 is 11.6 Å². The first-order valence-electron chi connectivity index (χ1n) is 9.00. The molecule has 0 bridgehead atoms. The second kappa shape index (κ2) is 9.13. The molecule has 0 unspecified atom stereocenters. The molecule has 1 N–H and O–H groups in total. The maximum atomic E-state index is 12.6. The topological polar surface area (TPSA) is 65.4 Å². The Balaban J connectivity index is 2.00. The van der Waals surface area contributed by atoms with Gasteiger partial charge in [-0.05, 0) is 54.8 Å². The first kappa shape index (κ1) is 21.6. The summed E-state index contributed by atoms with van der Waals surface area (Å²) in [4.78, 5) is 16.3. The zero-order chi connectivity index (χ0) is 21.8. The van der Waals surface area contributed by atoms with Crippen molar-refractivity contribution in [2.75, 3.05) is 12.4 Å². The van der Waals surface area contributed by atoms with Crippen LogP contribution in [0, 0.1) is 13.8 Å². The fourth-order valence-corrected chi connectivity index (χ4v) is 3.15. The third-order valence-corrected chi connectivity index (χ3v) is 4.64. The lowest BCUT2D eigenvalue weighted by Crippen LogP contribution is -2.19. The maximum Gasteiger partial charge on any atom is 0.387 e. The number of alkyl halides is 2. The number of methoxy groups -OCH3 is 1. The van der Waals surface area contributed by atoms with Crippen molar-refractivity contribution in [2.45, 2.75) is 27.0 Å². The van der Waals surface area contributed by atoms with Crippen LogP contribution in [-0.2, 0) is 6.54 Å². The van der Waals surface area contributed by atoms with Gasteiger partial charge in [0.05, 0.1) is 19.9 Å². The van der Waals surface area contributed by atoms with Crippen LogP contribution in [0.2, 0.25) is 5.02 Å². The highest BCUT2D eigenvalue weighted by atomic mass is 35.5. The van der Waals surface area contributed by atoms with E-state index in [1.165, 1.54) is 13.2 Å². The summed E-state index contributed by atoms with van der Waals surface area (Å²) in [5.41, 5.74) is 2.13. The number of hydrogen-bond acceptors (Lipinski definition) is 5. The van der Waals surface area contributed by atoms with Gasteiger partial charge in [0.25, 0.3) is 0 Å². The average molecular weight is 436 g/mol. The molecule has 1 heterocycles. The standard InChI is InChI=1S/C21H20ClF2N3O3/c1-12-8-17(30-20(23)24)13(2)7-16(12)25-21-26-19(28)18(29-3)11-27(21)10-14-5-4-6-15(22)9-14/h4-9,11,20H,10H2,1-3H3,(H,25,26,28). The quantitative estimate of drug-likeness (QED) is 0.571. The van der Waals surface area contributed by atoms with Gasteiger partial charge in [-0.3, -0.25) is 4.79 Å². The molecule has 9 heteroatoms. The van der Waals surface area contributed by atoms with Gasteiger partial charge >= 0.3 is 12.2 Å². The Morgan fingerprint density at radius 1 is 1.17 bits per heavy atom. The Morgan fingerprint density at radius 3 is 2.60 bits per heavy atom. The van der Waals surface area contributed by atoms with E-state index in [1.807, 2.05) is 18.2 Å². The molecular weight excluding hydrogens is 416 g/mol. The highest BCUT2D eigenvalue weighted by molar-refractivity contribution is 6.30. The van der Waals surface area contributed by atoms with E-state index in [-0.39, 0.29) is 17.4 Å². The van der Waals surface area contributed by atoms with Gasteiger partial charge in [0.1, 0.15) is 5.75 Å². The number of nitrogens with zero attached hydrogens (tertiary/aromatic N) is 2. The number of halogens is 3. The van der Waals surface area contributed by atoms with Crippen LogP contribution in [0.25, 0.3) is 0 Å². The number of nitrogens with one attached hydrogen (secondary N) is 1. The van der Waals surface area contributed by atoms with Crippen molar-refractivity contribution in [3.8, 4) is 11.5 Å². The van der Waals surface area contributed by atoms with Gasteiger partial charge in [0.2, 0.25) is 11.7 Å². The minimum Gasteiger partial charge on any atom is -0.490 e. The number of anilines is 2. The summed E-state index contributed by atoms with van der Waals surface area (Å²) in [6, 6.07) is 10.5. The number of ether oxygens (including phenoxy) is 2. The largest absolute Gasteiger partial charge is 0.490 e. The molecule has 0 aliphatic carbocycles. The van der Waals surface area contributed by atoms with Crippen LogP contribution < -0.4 is 20.3 Å². The number of rotatable bonds is 7. The van der Waals surface area contributed by atoms with Crippen molar-refractivity contribution in [3.63, 3.8) is 0 Å². The third-order valence-electron chi connectivity index (χ3n) is 4.41. The van der Waals surface area contributed by atoms with Gasteiger partial charge < -0.3 is 19.4 Å². The molecular formula is C21H20ClF2N3O3. The van der Waals surface area contributed by atoms with Crippen molar-refractivity contribution >= 4 is 23.2 Å². The molecule has 0 fully saturated rings. The lowest BCUT2D eigenvalue weighted by atomic mass is 10.1.